The van der Waals surface area contributed by atoms with Gasteiger partial charge < -0.3 is 9.64 Å². The second-order valence-electron chi connectivity index (χ2n) is 6.48. The number of ether oxygens (including phenoxy) is 1. The second-order valence-corrected chi connectivity index (χ2v) is 6.48. The van der Waals surface area contributed by atoms with Crippen LogP contribution < -0.4 is 4.90 Å². The molecule has 0 saturated carbocycles. The van der Waals surface area contributed by atoms with E-state index in [4.69, 9.17) is 4.74 Å². The maximum absolute atomic E-state index is 13.9. The Bertz CT molecular complexity index is 776. The molecule has 1 saturated heterocycles. The molecule has 1 aliphatic rings. The van der Waals surface area contributed by atoms with Gasteiger partial charge in [0.15, 0.2) is 0 Å². The summed E-state index contributed by atoms with van der Waals surface area (Å²) in [5, 5.41) is 0.772. The van der Waals surface area contributed by atoms with Gasteiger partial charge in [-0.2, -0.15) is 0 Å². The number of rotatable bonds is 3. The number of methoxy groups -OCH3 is 1. The molecule has 1 fully saturated rings. The van der Waals surface area contributed by atoms with Crippen LogP contribution in [0.25, 0.3) is 10.9 Å². The number of hydrogen-bond acceptors (Lipinski definition) is 4. The number of carbonyl (C=O) groups is 1. The molecule has 0 radical (unpaired) electrons. The molecule has 0 aliphatic carbocycles. The zero-order chi connectivity index (χ0) is 17.3. The Kier molecular flexibility index (Phi) is 4.69. The van der Waals surface area contributed by atoms with Gasteiger partial charge in [0, 0.05) is 29.2 Å². The predicted molar refractivity (Wildman–Crippen MR) is 92.8 cm³/mol. The van der Waals surface area contributed by atoms with E-state index in [9.17, 15) is 9.18 Å². The van der Waals surface area contributed by atoms with Gasteiger partial charge in [-0.05, 0) is 51.3 Å². The minimum atomic E-state index is -0.304. The van der Waals surface area contributed by atoms with Gasteiger partial charge in [-0.25, -0.2) is 4.39 Å². The Hall–Kier alpha value is -2.17. The fraction of sp³-hybridized carbons (Fsp3) is 0.474. The minimum absolute atomic E-state index is 0.153. The highest BCUT2D eigenvalue weighted by atomic mass is 19.1. The molecule has 5 heteroatoms. The van der Waals surface area contributed by atoms with Gasteiger partial charge in [0.05, 0.1) is 24.7 Å². The summed E-state index contributed by atoms with van der Waals surface area (Å²) in [6.07, 6.45) is 3.54. The van der Waals surface area contributed by atoms with Gasteiger partial charge in [-0.1, -0.05) is 0 Å². The highest BCUT2D eigenvalue weighted by Gasteiger charge is 2.26. The van der Waals surface area contributed by atoms with Crippen LogP contribution in [0.1, 0.15) is 37.4 Å². The molecule has 3 rings (SSSR count). The summed E-state index contributed by atoms with van der Waals surface area (Å²) in [6.45, 7) is 4.99. The number of benzene rings is 1. The van der Waals surface area contributed by atoms with Crippen molar-refractivity contribution in [2.45, 2.75) is 45.6 Å². The lowest BCUT2D eigenvalue weighted by Crippen LogP contribution is -2.38. The summed E-state index contributed by atoms with van der Waals surface area (Å²) in [5.74, 6) is -0.593. The molecular weight excluding hydrogens is 307 g/mol. The molecule has 24 heavy (non-hydrogen) atoms. The topological polar surface area (TPSA) is 42.4 Å². The Balaban J connectivity index is 2.24. The SMILES string of the molecule is COC(=O)Cc1c(C)nc2ccc(F)cc2c1N1CCCCC1C. The molecule has 2 aromatic rings. The number of esters is 1. The van der Waals surface area contributed by atoms with Gasteiger partial charge in [-0.15, -0.1) is 0 Å². The van der Waals surface area contributed by atoms with Crippen LogP contribution in [0.4, 0.5) is 10.1 Å². The van der Waals surface area contributed by atoms with Gasteiger partial charge in [0.1, 0.15) is 5.82 Å². The molecule has 1 aliphatic heterocycles. The third-order valence-corrected chi connectivity index (χ3v) is 4.86. The molecule has 4 nitrogen and oxygen atoms in total. The van der Waals surface area contributed by atoms with Crippen LogP contribution in [0.2, 0.25) is 0 Å². The molecule has 0 bridgehead atoms. The zero-order valence-corrected chi connectivity index (χ0v) is 14.4. The number of halogens is 1. The van der Waals surface area contributed by atoms with Gasteiger partial charge >= 0.3 is 5.97 Å². The third-order valence-electron chi connectivity index (χ3n) is 4.86. The fourth-order valence-electron chi connectivity index (χ4n) is 3.56. The number of aryl methyl sites for hydroxylation is 1. The number of nitrogens with zero attached hydrogens (tertiary/aromatic N) is 2. The molecule has 128 valence electrons. The molecule has 1 aromatic carbocycles. The molecule has 0 spiro atoms. The van der Waals surface area contributed by atoms with Crippen molar-refractivity contribution in [3.8, 4) is 0 Å². The average molecular weight is 330 g/mol. The van der Waals surface area contributed by atoms with E-state index in [2.05, 4.69) is 16.8 Å². The minimum Gasteiger partial charge on any atom is -0.469 e. The summed E-state index contributed by atoms with van der Waals surface area (Å²) in [7, 11) is 1.38. The van der Waals surface area contributed by atoms with Gasteiger partial charge in [0.25, 0.3) is 0 Å². The van der Waals surface area contributed by atoms with E-state index in [1.54, 1.807) is 6.07 Å². The molecule has 0 amide bonds. The number of anilines is 1. The number of pyridine rings is 1. The Morgan fingerprint density at radius 3 is 2.92 bits per heavy atom. The van der Waals surface area contributed by atoms with Gasteiger partial charge in [0.2, 0.25) is 0 Å². The smallest absolute Gasteiger partial charge is 0.310 e. The van der Waals surface area contributed by atoms with Crippen LogP contribution in [0.15, 0.2) is 18.2 Å². The van der Waals surface area contributed by atoms with E-state index in [0.717, 1.165) is 47.2 Å². The first-order valence-corrected chi connectivity index (χ1v) is 8.43. The molecule has 2 heterocycles. The number of hydrogen-bond donors (Lipinski definition) is 0. The lowest BCUT2D eigenvalue weighted by Gasteiger charge is -2.37. The van der Waals surface area contributed by atoms with Crippen LogP contribution in [-0.4, -0.2) is 30.6 Å². The maximum atomic E-state index is 13.9. The second kappa shape index (κ2) is 6.75. The lowest BCUT2D eigenvalue weighted by molar-refractivity contribution is -0.139. The standard InChI is InChI=1S/C19H23FN2O2/c1-12-6-4-5-9-22(12)19-15(11-18(23)24-3)13(2)21-17-8-7-14(20)10-16(17)19/h7-8,10,12H,4-6,9,11H2,1-3H3. The van der Waals surface area contributed by atoms with Crippen molar-refractivity contribution in [2.75, 3.05) is 18.6 Å². The quantitative estimate of drug-likeness (QED) is 0.803. The third kappa shape index (κ3) is 3.07. The van der Waals surface area contributed by atoms with Crippen molar-refractivity contribution >= 4 is 22.6 Å². The van der Waals surface area contributed by atoms with Crippen molar-refractivity contribution in [1.29, 1.82) is 0 Å². The number of aromatic nitrogens is 1. The van der Waals surface area contributed by atoms with Crippen molar-refractivity contribution in [1.82, 2.24) is 4.98 Å². The van der Waals surface area contributed by atoms with E-state index < -0.39 is 0 Å². The molecule has 1 aromatic heterocycles. The number of fused-ring (bicyclic) bond motifs is 1. The maximum Gasteiger partial charge on any atom is 0.310 e. The molecule has 1 unspecified atom stereocenters. The van der Waals surface area contributed by atoms with Crippen LogP contribution >= 0.6 is 0 Å². The predicted octanol–water partition coefficient (Wildman–Crippen LogP) is 3.78. The van der Waals surface area contributed by atoms with Crippen molar-refractivity contribution in [2.24, 2.45) is 0 Å². The first-order valence-electron chi connectivity index (χ1n) is 8.43. The molecular formula is C19H23FN2O2. The first-order chi connectivity index (χ1) is 11.5. The normalized spacial score (nSPS) is 18.0. The van der Waals surface area contributed by atoms with Crippen LogP contribution in [0.5, 0.6) is 0 Å². The van der Waals surface area contributed by atoms with Crippen LogP contribution in [-0.2, 0) is 16.0 Å². The molecule has 0 N–H and O–H groups in total. The number of carbonyl (C=O) groups excluding carboxylic acids is 1. The van der Waals surface area contributed by atoms with Gasteiger partial charge in [-0.3, -0.25) is 9.78 Å². The fourth-order valence-corrected chi connectivity index (χ4v) is 3.56. The number of piperidine rings is 1. The largest absolute Gasteiger partial charge is 0.469 e. The van der Waals surface area contributed by atoms with Crippen molar-refractivity contribution in [3.05, 3.63) is 35.3 Å². The first kappa shape index (κ1) is 16.7. The molecule has 1 atom stereocenters. The Labute approximate surface area is 141 Å². The van der Waals surface area contributed by atoms with E-state index in [0.29, 0.717) is 6.04 Å². The van der Waals surface area contributed by atoms with Crippen LogP contribution in [0.3, 0.4) is 0 Å². The summed E-state index contributed by atoms with van der Waals surface area (Å²) >= 11 is 0. The summed E-state index contributed by atoms with van der Waals surface area (Å²) in [6, 6.07) is 5.01. The van der Waals surface area contributed by atoms with E-state index >= 15 is 0 Å². The Morgan fingerprint density at radius 2 is 2.21 bits per heavy atom. The van der Waals surface area contributed by atoms with Crippen LogP contribution in [0, 0.1) is 12.7 Å². The summed E-state index contributed by atoms with van der Waals surface area (Å²) < 4.78 is 18.8. The van der Waals surface area contributed by atoms with Crippen molar-refractivity contribution < 1.29 is 13.9 Å². The van der Waals surface area contributed by atoms with Crippen molar-refractivity contribution in [3.63, 3.8) is 0 Å². The monoisotopic (exact) mass is 330 g/mol. The summed E-state index contributed by atoms with van der Waals surface area (Å²) in [5.41, 5.74) is 3.34. The Morgan fingerprint density at radius 1 is 1.42 bits per heavy atom. The van der Waals surface area contributed by atoms with E-state index in [1.165, 1.54) is 25.7 Å². The lowest BCUT2D eigenvalue weighted by atomic mass is 9.97. The van der Waals surface area contributed by atoms with E-state index in [-0.39, 0.29) is 18.2 Å². The average Bonchev–Trinajstić information content (AvgIpc) is 2.57. The highest BCUT2D eigenvalue weighted by Crippen LogP contribution is 2.36. The zero-order valence-electron chi connectivity index (χ0n) is 14.4. The van der Waals surface area contributed by atoms with E-state index in [1.807, 2.05) is 6.92 Å². The summed E-state index contributed by atoms with van der Waals surface area (Å²) in [4.78, 5) is 18.8. The highest BCUT2D eigenvalue weighted by molar-refractivity contribution is 5.95.